The number of methoxy groups -OCH3 is 1. The van der Waals surface area contributed by atoms with E-state index in [0.29, 0.717) is 5.11 Å². The molecule has 7 heteroatoms. The first-order chi connectivity index (χ1) is 16.6. The maximum absolute atomic E-state index is 5.86. The van der Waals surface area contributed by atoms with Crippen molar-refractivity contribution in [2.75, 3.05) is 31.0 Å². The van der Waals surface area contributed by atoms with Crippen molar-refractivity contribution in [3.8, 4) is 11.4 Å². The van der Waals surface area contributed by atoms with Crippen LogP contribution in [0, 0.1) is 0 Å². The summed E-state index contributed by atoms with van der Waals surface area (Å²) >= 11 is 5.86. The fourth-order valence-corrected chi connectivity index (χ4v) is 4.80. The maximum Gasteiger partial charge on any atom is 0.174 e. The van der Waals surface area contributed by atoms with Crippen molar-refractivity contribution in [2.45, 2.75) is 12.1 Å². The summed E-state index contributed by atoms with van der Waals surface area (Å²) in [5.41, 5.74) is 5.32. The number of anilines is 2. The lowest BCUT2D eigenvalue weighted by atomic mass is 10.0. The summed E-state index contributed by atoms with van der Waals surface area (Å²) in [6, 6.07) is 26.6. The molecule has 2 aromatic heterocycles. The van der Waals surface area contributed by atoms with Gasteiger partial charge in [-0.25, -0.2) is 0 Å². The SMILES string of the molecule is COc1ccc(N2C(=S)NC(c3ccccn3)C2c2cccn2-c2ccc(N(C)C)cc2)cc1. The number of hydrogen-bond acceptors (Lipinski definition) is 4. The Bertz CT molecular complexity index is 1270. The van der Waals surface area contributed by atoms with Crippen molar-refractivity contribution >= 4 is 28.7 Å². The smallest absolute Gasteiger partial charge is 0.174 e. The average Bonchev–Trinajstić information content (AvgIpc) is 3.49. The Balaban J connectivity index is 1.61. The van der Waals surface area contributed by atoms with E-state index in [9.17, 15) is 0 Å². The molecule has 5 rings (SSSR count). The first kappa shape index (κ1) is 22.0. The second-order valence-corrected chi connectivity index (χ2v) is 8.80. The van der Waals surface area contributed by atoms with Crippen LogP contribution in [0.4, 0.5) is 11.4 Å². The first-order valence-corrected chi connectivity index (χ1v) is 11.6. The molecule has 1 aliphatic heterocycles. The van der Waals surface area contributed by atoms with Gasteiger partial charge in [-0.3, -0.25) is 4.98 Å². The minimum Gasteiger partial charge on any atom is -0.497 e. The van der Waals surface area contributed by atoms with E-state index in [0.717, 1.165) is 34.2 Å². The summed E-state index contributed by atoms with van der Waals surface area (Å²) in [7, 11) is 5.77. The van der Waals surface area contributed by atoms with Gasteiger partial charge in [0.05, 0.1) is 18.8 Å². The highest BCUT2D eigenvalue weighted by molar-refractivity contribution is 7.80. The largest absolute Gasteiger partial charge is 0.497 e. The fraction of sp³-hybridized carbons (Fsp3) is 0.185. The molecule has 0 saturated carbocycles. The van der Waals surface area contributed by atoms with Gasteiger partial charge in [0.2, 0.25) is 0 Å². The molecule has 0 bridgehead atoms. The van der Waals surface area contributed by atoms with Crippen molar-refractivity contribution in [1.29, 1.82) is 0 Å². The first-order valence-electron chi connectivity index (χ1n) is 11.2. The number of aromatic nitrogens is 2. The van der Waals surface area contributed by atoms with Gasteiger partial charge in [-0.2, -0.15) is 0 Å². The number of thiocarbonyl (C=S) groups is 1. The molecule has 0 spiro atoms. The van der Waals surface area contributed by atoms with Crippen LogP contribution in [0.5, 0.6) is 5.75 Å². The van der Waals surface area contributed by atoms with Crippen molar-refractivity contribution in [3.63, 3.8) is 0 Å². The van der Waals surface area contributed by atoms with Crippen molar-refractivity contribution in [1.82, 2.24) is 14.9 Å². The topological polar surface area (TPSA) is 45.6 Å². The molecule has 1 N–H and O–H groups in total. The monoisotopic (exact) mass is 469 g/mol. The molecule has 0 amide bonds. The van der Waals surface area contributed by atoms with Crippen LogP contribution in [0.1, 0.15) is 23.5 Å². The minimum atomic E-state index is -0.106. The van der Waals surface area contributed by atoms with Crippen LogP contribution in [0.3, 0.4) is 0 Å². The Labute approximate surface area is 205 Å². The number of pyridine rings is 1. The number of nitrogens with zero attached hydrogens (tertiary/aromatic N) is 4. The third-order valence-corrected chi connectivity index (χ3v) is 6.49. The molecular formula is C27H27N5OS. The van der Waals surface area contributed by atoms with Gasteiger partial charge in [0.1, 0.15) is 11.8 Å². The molecule has 0 radical (unpaired) electrons. The van der Waals surface area contributed by atoms with Crippen LogP contribution in [-0.2, 0) is 0 Å². The van der Waals surface area contributed by atoms with Gasteiger partial charge in [0.25, 0.3) is 0 Å². The van der Waals surface area contributed by atoms with Crippen LogP contribution in [-0.4, -0.2) is 35.9 Å². The highest BCUT2D eigenvalue weighted by Gasteiger charge is 2.42. The lowest BCUT2D eigenvalue weighted by molar-refractivity contribution is 0.415. The molecule has 4 aromatic rings. The molecule has 2 unspecified atom stereocenters. The predicted octanol–water partition coefficient (Wildman–Crippen LogP) is 5.12. The second-order valence-electron chi connectivity index (χ2n) is 8.41. The van der Waals surface area contributed by atoms with E-state index in [1.165, 1.54) is 0 Å². The Morgan fingerprint density at radius 1 is 0.912 bits per heavy atom. The van der Waals surface area contributed by atoms with Crippen LogP contribution < -0.4 is 19.9 Å². The molecule has 6 nitrogen and oxygen atoms in total. The van der Waals surface area contributed by atoms with Gasteiger partial charge in [0, 0.05) is 49.2 Å². The molecular weight excluding hydrogens is 442 g/mol. The van der Waals surface area contributed by atoms with E-state index in [1.54, 1.807) is 7.11 Å². The molecule has 172 valence electrons. The zero-order valence-corrected chi connectivity index (χ0v) is 20.2. The number of ether oxygens (including phenoxy) is 1. The van der Waals surface area contributed by atoms with Crippen LogP contribution in [0.15, 0.2) is 91.3 Å². The molecule has 1 saturated heterocycles. The fourth-order valence-electron chi connectivity index (χ4n) is 4.46. The molecule has 2 atom stereocenters. The molecule has 1 fully saturated rings. The van der Waals surface area contributed by atoms with Gasteiger partial charge in [-0.05, 0) is 85.0 Å². The van der Waals surface area contributed by atoms with Gasteiger partial charge in [-0.15, -0.1) is 0 Å². The molecule has 2 aromatic carbocycles. The zero-order chi connectivity index (χ0) is 23.7. The van der Waals surface area contributed by atoms with E-state index >= 15 is 0 Å². The number of benzene rings is 2. The molecule has 34 heavy (non-hydrogen) atoms. The highest BCUT2D eigenvalue weighted by atomic mass is 32.1. The normalized spacial score (nSPS) is 17.5. The summed E-state index contributed by atoms with van der Waals surface area (Å²) in [4.78, 5) is 8.93. The van der Waals surface area contributed by atoms with E-state index in [4.69, 9.17) is 17.0 Å². The van der Waals surface area contributed by atoms with E-state index in [-0.39, 0.29) is 12.1 Å². The van der Waals surface area contributed by atoms with Crippen molar-refractivity contribution in [2.24, 2.45) is 0 Å². The average molecular weight is 470 g/mol. The van der Waals surface area contributed by atoms with Crippen LogP contribution >= 0.6 is 12.2 Å². The van der Waals surface area contributed by atoms with Gasteiger partial charge >= 0.3 is 0 Å². The Morgan fingerprint density at radius 2 is 1.65 bits per heavy atom. The Hall–Kier alpha value is -3.84. The third kappa shape index (κ3) is 3.99. The van der Waals surface area contributed by atoms with Crippen molar-refractivity contribution < 1.29 is 4.74 Å². The lowest BCUT2D eigenvalue weighted by Gasteiger charge is -2.29. The van der Waals surface area contributed by atoms with E-state index in [2.05, 4.69) is 67.3 Å². The minimum absolute atomic E-state index is 0.0979. The second kappa shape index (κ2) is 9.19. The summed E-state index contributed by atoms with van der Waals surface area (Å²) in [5, 5.41) is 4.20. The Kier molecular flexibility index (Phi) is 5.94. The maximum atomic E-state index is 5.86. The third-order valence-electron chi connectivity index (χ3n) is 6.18. The molecule has 3 heterocycles. The summed E-state index contributed by atoms with van der Waals surface area (Å²) in [6.07, 6.45) is 3.93. The van der Waals surface area contributed by atoms with Gasteiger partial charge < -0.3 is 24.4 Å². The van der Waals surface area contributed by atoms with E-state index in [1.807, 2.05) is 62.8 Å². The highest BCUT2D eigenvalue weighted by Crippen LogP contribution is 2.42. The number of rotatable bonds is 6. The zero-order valence-electron chi connectivity index (χ0n) is 19.4. The Morgan fingerprint density at radius 3 is 2.29 bits per heavy atom. The van der Waals surface area contributed by atoms with Gasteiger partial charge in [0.15, 0.2) is 5.11 Å². The summed E-state index contributed by atoms with van der Waals surface area (Å²) in [6.45, 7) is 0. The van der Waals surface area contributed by atoms with E-state index < -0.39 is 0 Å². The summed E-state index contributed by atoms with van der Waals surface area (Å²) < 4.78 is 7.60. The van der Waals surface area contributed by atoms with Gasteiger partial charge in [-0.1, -0.05) is 6.07 Å². The summed E-state index contributed by atoms with van der Waals surface area (Å²) in [5.74, 6) is 0.809. The van der Waals surface area contributed by atoms with Crippen molar-refractivity contribution in [3.05, 3.63) is 103 Å². The molecule has 1 aliphatic rings. The number of hydrogen-bond donors (Lipinski definition) is 1. The molecule has 0 aliphatic carbocycles. The quantitative estimate of drug-likeness (QED) is 0.395. The lowest BCUT2D eigenvalue weighted by Crippen LogP contribution is -2.30. The predicted molar refractivity (Wildman–Crippen MR) is 141 cm³/mol. The van der Waals surface area contributed by atoms with Crippen LogP contribution in [0.2, 0.25) is 0 Å². The van der Waals surface area contributed by atoms with Crippen LogP contribution in [0.25, 0.3) is 5.69 Å². The number of nitrogens with one attached hydrogen (secondary N) is 1. The standard InChI is InChI=1S/C27H27N5OS/c1-30(2)19-9-11-20(12-10-19)31-18-6-8-24(31)26-25(23-7-4-5-17-28-23)29-27(34)32(26)21-13-15-22(33-3)16-14-21/h4-18,25-26H,1-3H3,(H,29,34).